The molecule has 10 heteroatoms. The largest absolute Gasteiger partial charge is 0.473 e. The molecule has 1 fully saturated rings. The number of alkyl halides is 3. The highest BCUT2D eigenvalue weighted by Crippen LogP contribution is 2.25. The standard InChI is InChI=1S/C22H28F3N5O.HI/c1-17(22(23,24)25)29-10-12-30(13-11-29)21(26-2)28-15-19-8-9-27-20(14-19)31-16-18-6-4-3-5-7-18;/h3-9,14,17H,10-13,15-16H2,1-2H3,(H,26,28);1H. The molecule has 0 bridgehead atoms. The summed E-state index contributed by atoms with van der Waals surface area (Å²) < 4.78 is 44.6. The van der Waals surface area contributed by atoms with Gasteiger partial charge >= 0.3 is 6.18 Å². The molecule has 0 amide bonds. The fraction of sp³-hybridized carbons (Fsp3) is 0.455. The summed E-state index contributed by atoms with van der Waals surface area (Å²) in [5.41, 5.74) is 2.04. The third-order valence-corrected chi connectivity index (χ3v) is 5.33. The Morgan fingerprint density at radius 3 is 2.44 bits per heavy atom. The van der Waals surface area contributed by atoms with Crippen molar-refractivity contribution in [2.45, 2.75) is 32.3 Å². The van der Waals surface area contributed by atoms with E-state index in [1.807, 2.05) is 47.4 Å². The molecule has 1 aliphatic heterocycles. The van der Waals surface area contributed by atoms with Crippen LogP contribution in [0.4, 0.5) is 13.2 Å². The molecule has 1 unspecified atom stereocenters. The number of hydrogen-bond donors (Lipinski definition) is 1. The number of ether oxygens (including phenoxy) is 1. The summed E-state index contributed by atoms with van der Waals surface area (Å²) in [6.07, 6.45) is -2.51. The van der Waals surface area contributed by atoms with Gasteiger partial charge in [0, 0.05) is 52.0 Å². The topological polar surface area (TPSA) is 53.0 Å². The quantitative estimate of drug-likeness (QED) is 0.328. The van der Waals surface area contributed by atoms with Gasteiger partial charge in [0.2, 0.25) is 5.88 Å². The lowest BCUT2D eigenvalue weighted by Gasteiger charge is -2.39. The van der Waals surface area contributed by atoms with Gasteiger partial charge in [-0.3, -0.25) is 9.89 Å². The fourth-order valence-corrected chi connectivity index (χ4v) is 3.41. The minimum atomic E-state index is -4.20. The number of rotatable bonds is 6. The molecule has 1 saturated heterocycles. The Morgan fingerprint density at radius 1 is 1.12 bits per heavy atom. The van der Waals surface area contributed by atoms with Crippen LogP contribution < -0.4 is 10.1 Å². The van der Waals surface area contributed by atoms with Gasteiger partial charge in [-0.05, 0) is 24.1 Å². The lowest BCUT2D eigenvalue weighted by atomic mass is 10.2. The molecule has 32 heavy (non-hydrogen) atoms. The van der Waals surface area contributed by atoms with Gasteiger partial charge in [0.25, 0.3) is 0 Å². The number of nitrogens with zero attached hydrogens (tertiary/aromatic N) is 4. The van der Waals surface area contributed by atoms with Crippen LogP contribution in [0, 0.1) is 0 Å². The highest BCUT2D eigenvalue weighted by molar-refractivity contribution is 14.0. The van der Waals surface area contributed by atoms with Crippen molar-refractivity contribution in [3.8, 4) is 5.88 Å². The van der Waals surface area contributed by atoms with E-state index in [9.17, 15) is 13.2 Å². The Hall–Kier alpha value is -2.08. The van der Waals surface area contributed by atoms with Crippen LogP contribution in [0.25, 0.3) is 0 Å². The van der Waals surface area contributed by atoms with E-state index < -0.39 is 12.2 Å². The molecular weight excluding hydrogens is 534 g/mol. The fourth-order valence-electron chi connectivity index (χ4n) is 3.41. The molecule has 6 nitrogen and oxygen atoms in total. The summed E-state index contributed by atoms with van der Waals surface area (Å²) in [5.74, 6) is 1.20. The Bertz CT molecular complexity index is 858. The van der Waals surface area contributed by atoms with Crippen molar-refractivity contribution >= 4 is 29.9 Å². The van der Waals surface area contributed by atoms with Crippen LogP contribution in [0.3, 0.4) is 0 Å². The van der Waals surface area contributed by atoms with Gasteiger partial charge in [0.05, 0.1) is 0 Å². The highest BCUT2D eigenvalue weighted by Gasteiger charge is 2.41. The third kappa shape index (κ3) is 7.51. The van der Waals surface area contributed by atoms with E-state index in [4.69, 9.17) is 4.74 Å². The Labute approximate surface area is 203 Å². The Balaban J connectivity index is 0.00000363. The molecule has 1 aromatic heterocycles. The second-order valence-corrected chi connectivity index (χ2v) is 7.42. The van der Waals surface area contributed by atoms with Crippen molar-refractivity contribution < 1.29 is 17.9 Å². The number of guanidine groups is 1. The SMILES string of the molecule is CN=C(NCc1ccnc(OCc2ccccc2)c1)N1CCN(C(C)C(F)(F)F)CC1.I. The summed E-state index contributed by atoms with van der Waals surface area (Å²) >= 11 is 0. The number of nitrogens with one attached hydrogen (secondary N) is 1. The summed E-state index contributed by atoms with van der Waals surface area (Å²) in [6, 6.07) is 12.2. The van der Waals surface area contributed by atoms with Gasteiger partial charge in [-0.25, -0.2) is 4.98 Å². The maximum atomic E-state index is 12.9. The van der Waals surface area contributed by atoms with Crippen LogP contribution in [0.5, 0.6) is 5.88 Å². The molecule has 2 heterocycles. The van der Waals surface area contributed by atoms with Gasteiger partial charge in [-0.15, -0.1) is 24.0 Å². The predicted molar refractivity (Wildman–Crippen MR) is 129 cm³/mol. The summed E-state index contributed by atoms with van der Waals surface area (Å²) in [5, 5.41) is 3.28. The molecule has 1 aliphatic rings. The van der Waals surface area contributed by atoms with Gasteiger partial charge in [-0.2, -0.15) is 13.2 Å². The third-order valence-electron chi connectivity index (χ3n) is 5.33. The van der Waals surface area contributed by atoms with E-state index in [0.717, 1.165) is 11.1 Å². The number of aliphatic imine (C=N–C) groups is 1. The van der Waals surface area contributed by atoms with Gasteiger partial charge < -0.3 is 15.0 Å². The molecule has 1 N–H and O–H groups in total. The van der Waals surface area contributed by atoms with Crippen LogP contribution in [0.2, 0.25) is 0 Å². The second kappa shape index (κ2) is 12.2. The van der Waals surface area contributed by atoms with Crippen LogP contribution in [-0.2, 0) is 13.2 Å². The van der Waals surface area contributed by atoms with Gasteiger partial charge in [-0.1, -0.05) is 30.3 Å². The van der Waals surface area contributed by atoms with Crippen molar-refractivity contribution in [2.75, 3.05) is 33.2 Å². The van der Waals surface area contributed by atoms with Crippen LogP contribution >= 0.6 is 24.0 Å². The summed E-state index contributed by atoms with van der Waals surface area (Å²) in [6.45, 7) is 3.82. The maximum absolute atomic E-state index is 12.9. The number of pyridine rings is 1. The summed E-state index contributed by atoms with van der Waals surface area (Å²) in [7, 11) is 1.67. The summed E-state index contributed by atoms with van der Waals surface area (Å²) in [4.78, 5) is 12.0. The average Bonchev–Trinajstić information content (AvgIpc) is 2.78. The molecule has 0 aliphatic carbocycles. The number of hydrogen-bond acceptors (Lipinski definition) is 4. The zero-order valence-electron chi connectivity index (χ0n) is 18.2. The minimum absolute atomic E-state index is 0. The predicted octanol–water partition coefficient (Wildman–Crippen LogP) is 3.92. The first-order chi connectivity index (χ1) is 14.9. The first-order valence-corrected chi connectivity index (χ1v) is 10.2. The Kier molecular flexibility index (Phi) is 10.0. The lowest BCUT2D eigenvalue weighted by Crippen LogP contribution is -2.56. The van der Waals surface area contributed by atoms with E-state index >= 15 is 0 Å². The molecule has 0 radical (unpaired) electrons. The monoisotopic (exact) mass is 563 g/mol. The second-order valence-electron chi connectivity index (χ2n) is 7.42. The molecule has 0 saturated carbocycles. The van der Waals surface area contributed by atoms with Gasteiger partial charge in [0.15, 0.2) is 5.96 Å². The normalized spacial score (nSPS) is 16.3. The van der Waals surface area contributed by atoms with Crippen molar-refractivity contribution in [2.24, 2.45) is 4.99 Å². The molecule has 2 aromatic rings. The van der Waals surface area contributed by atoms with Crippen molar-refractivity contribution in [3.05, 3.63) is 59.8 Å². The number of benzene rings is 1. The molecule has 0 spiro atoms. The van der Waals surface area contributed by atoms with Crippen LogP contribution in [0.15, 0.2) is 53.7 Å². The zero-order chi connectivity index (χ0) is 22.3. The first-order valence-electron chi connectivity index (χ1n) is 10.2. The van der Waals surface area contributed by atoms with E-state index in [2.05, 4.69) is 15.3 Å². The smallest absolute Gasteiger partial charge is 0.403 e. The molecule has 1 atom stereocenters. The van der Waals surface area contributed by atoms with Crippen molar-refractivity contribution in [1.82, 2.24) is 20.1 Å². The maximum Gasteiger partial charge on any atom is 0.403 e. The Morgan fingerprint density at radius 2 is 1.81 bits per heavy atom. The molecule has 1 aromatic carbocycles. The van der Waals surface area contributed by atoms with E-state index in [1.165, 1.54) is 11.8 Å². The van der Waals surface area contributed by atoms with Crippen LogP contribution in [-0.4, -0.2) is 66.2 Å². The number of halogens is 4. The van der Waals surface area contributed by atoms with Crippen LogP contribution in [0.1, 0.15) is 18.1 Å². The molecular formula is C22H29F3IN5O. The van der Waals surface area contributed by atoms with Gasteiger partial charge in [0.1, 0.15) is 12.6 Å². The molecule has 3 rings (SSSR count). The minimum Gasteiger partial charge on any atom is -0.473 e. The molecule has 176 valence electrons. The van der Waals surface area contributed by atoms with E-state index in [0.29, 0.717) is 51.2 Å². The number of piperazine rings is 1. The van der Waals surface area contributed by atoms with E-state index in [1.54, 1.807) is 13.2 Å². The highest BCUT2D eigenvalue weighted by atomic mass is 127. The zero-order valence-corrected chi connectivity index (χ0v) is 20.5. The lowest BCUT2D eigenvalue weighted by molar-refractivity contribution is -0.181. The number of aromatic nitrogens is 1. The van der Waals surface area contributed by atoms with E-state index in [-0.39, 0.29) is 24.0 Å². The average molecular weight is 563 g/mol. The van der Waals surface area contributed by atoms with Crippen molar-refractivity contribution in [3.63, 3.8) is 0 Å². The van der Waals surface area contributed by atoms with Crippen molar-refractivity contribution in [1.29, 1.82) is 0 Å². The first kappa shape index (κ1) is 26.2.